The lowest BCUT2D eigenvalue weighted by molar-refractivity contribution is 0.231. The highest BCUT2D eigenvalue weighted by Crippen LogP contribution is 2.34. The van der Waals surface area contributed by atoms with Crippen LogP contribution in [0.25, 0.3) is 0 Å². The first-order valence-corrected chi connectivity index (χ1v) is 3.69. The molecule has 2 nitrogen and oxygen atoms in total. The van der Waals surface area contributed by atoms with E-state index in [0.29, 0.717) is 6.61 Å². The summed E-state index contributed by atoms with van der Waals surface area (Å²) in [6.45, 7) is 3.49. The lowest BCUT2D eigenvalue weighted by atomic mass is 10.3. The standard InChI is InChI=1S/C7H15NO/c1-2-5-8-7(6-9)3-4-7/h8-9H,2-6H2,1H3. The van der Waals surface area contributed by atoms with E-state index in [-0.39, 0.29) is 5.54 Å². The zero-order chi connectivity index (χ0) is 6.74. The number of rotatable bonds is 4. The second-order valence-corrected chi connectivity index (χ2v) is 2.87. The first kappa shape index (κ1) is 7.03. The van der Waals surface area contributed by atoms with Crippen LogP contribution in [0.5, 0.6) is 0 Å². The van der Waals surface area contributed by atoms with Crippen molar-refractivity contribution in [3.05, 3.63) is 0 Å². The number of aliphatic hydroxyl groups is 1. The Balaban J connectivity index is 2.10. The molecule has 0 aromatic heterocycles. The Morgan fingerprint density at radius 1 is 1.56 bits per heavy atom. The van der Waals surface area contributed by atoms with Crippen molar-refractivity contribution in [3.8, 4) is 0 Å². The minimum absolute atomic E-state index is 0.149. The van der Waals surface area contributed by atoms with Gasteiger partial charge in [0.15, 0.2) is 0 Å². The molecule has 0 aromatic rings. The Labute approximate surface area is 56.3 Å². The molecule has 0 aliphatic heterocycles. The fourth-order valence-electron chi connectivity index (χ4n) is 0.932. The molecular formula is C7H15NO. The fourth-order valence-corrected chi connectivity index (χ4v) is 0.932. The summed E-state index contributed by atoms with van der Waals surface area (Å²) in [5.41, 5.74) is 0.149. The van der Waals surface area contributed by atoms with E-state index in [1.54, 1.807) is 0 Å². The molecule has 2 heteroatoms. The number of nitrogens with one attached hydrogen (secondary N) is 1. The molecule has 0 amide bonds. The molecule has 2 N–H and O–H groups in total. The number of hydrogen-bond donors (Lipinski definition) is 2. The largest absolute Gasteiger partial charge is 0.394 e. The summed E-state index contributed by atoms with van der Waals surface area (Å²) in [4.78, 5) is 0. The maximum atomic E-state index is 8.82. The van der Waals surface area contributed by atoms with Crippen LogP contribution in [-0.2, 0) is 0 Å². The molecule has 1 aliphatic rings. The molecule has 0 aromatic carbocycles. The first-order chi connectivity index (χ1) is 4.33. The molecule has 9 heavy (non-hydrogen) atoms. The normalized spacial score (nSPS) is 22.0. The minimum Gasteiger partial charge on any atom is -0.394 e. The van der Waals surface area contributed by atoms with Gasteiger partial charge in [-0.2, -0.15) is 0 Å². The van der Waals surface area contributed by atoms with Crippen LogP contribution in [0, 0.1) is 0 Å². The van der Waals surface area contributed by atoms with Gasteiger partial charge in [0.25, 0.3) is 0 Å². The Morgan fingerprint density at radius 2 is 2.22 bits per heavy atom. The number of aliphatic hydroxyl groups excluding tert-OH is 1. The van der Waals surface area contributed by atoms with E-state index in [1.807, 2.05) is 0 Å². The van der Waals surface area contributed by atoms with Crippen molar-refractivity contribution in [3.63, 3.8) is 0 Å². The van der Waals surface area contributed by atoms with Crippen LogP contribution in [0.1, 0.15) is 26.2 Å². The van der Waals surface area contributed by atoms with Crippen LogP contribution in [0.3, 0.4) is 0 Å². The van der Waals surface area contributed by atoms with Crippen LogP contribution in [0.2, 0.25) is 0 Å². The van der Waals surface area contributed by atoms with Gasteiger partial charge in [0.2, 0.25) is 0 Å². The monoisotopic (exact) mass is 129 g/mol. The fraction of sp³-hybridized carbons (Fsp3) is 1.00. The quantitative estimate of drug-likeness (QED) is 0.579. The highest BCUT2D eigenvalue weighted by molar-refractivity contribution is 5.01. The molecule has 0 atom stereocenters. The summed E-state index contributed by atoms with van der Waals surface area (Å²) < 4.78 is 0. The van der Waals surface area contributed by atoms with Crippen molar-refractivity contribution >= 4 is 0 Å². The van der Waals surface area contributed by atoms with Crippen LogP contribution >= 0.6 is 0 Å². The van der Waals surface area contributed by atoms with Gasteiger partial charge in [-0.3, -0.25) is 0 Å². The smallest absolute Gasteiger partial charge is 0.0613 e. The van der Waals surface area contributed by atoms with Crippen molar-refractivity contribution < 1.29 is 5.11 Å². The van der Waals surface area contributed by atoms with Gasteiger partial charge in [-0.25, -0.2) is 0 Å². The molecule has 1 fully saturated rings. The number of hydrogen-bond acceptors (Lipinski definition) is 2. The topological polar surface area (TPSA) is 32.3 Å². The van der Waals surface area contributed by atoms with Crippen molar-refractivity contribution in [1.82, 2.24) is 5.32 Å². The van der Waals surface area contributed by atoms with Crippen molar-refractivity contribution in [2.45, 2.75) is 31.7 Å². The molecule has 0 unspecified atom stereocenters. The molecule has 1 rings (SSSR count). The third-order valence-corrected chi connectivity index (χ3v) is 1.91. The van der Waals surface area contributed by atoms with Gasteiger partial charge in [-0.05, 0) is 25.8 Å². The van der Waals surface area contributed by atoms with Gasteiger partial charge in [0.05, 0.1) is 6.61 Å². The zero-order valence-electron chi connectivity index (χ0n) is 5.98. The van der Waals surface area contributed by atoms with E-state index in [4.69, 9.17) is 5.11 Å². The highest BCUT2D eigenvalue weighted by atomic mass is 16.3. The summed E-state index contributed by atoms with van der Waals surface area (Å²) in [6.07, 6.45) is 3.47. The molecular weight excluding hydrogens is 114 g/mol. The summed E-state index contributed by atoms with van der Waals surface area (Å²) >= 11 is 0. The first-order valence-electron chi connectivity index (χ1n) is 3.69. The van der Waals surface area contributed by atoms with E-state index in [1.165, 1.54) is 0 Å². The Morgan fingerprint density at radius 3 is 2.56 bits per heavy atom. The Bertz CT molecular complexity index is 88.9. The lowest BCUT2D eigenvalue weighted by Gasteiger charge is -2.12. The Kier molecular flexibility index (Phi) is 2.09. The van der Waals surface area contributed by atoms with Gasteiger partial charge in [-0.1, -0.05) is 6.92 Å². The molecule has 54 valence electrons. The third-order valence-electron chi connectivity index (χ3n) is 1.91. The minimum atomic E-state index is 0.149. The van der Waals surface area contributed by atoms with Crippen LogP contribution in [0.15, 0.2) is 0 Å². The molecule has 0 heterocycles. The van der Waals surface area contributed by atoms with Crippen LogP contribution < -0.4 is 5.32 Å². The summed E-state index contributed by atoms with van der Waals surface area (Å²) in [7, 11) is 0. The SMILES string of the molecule is CCCNC1(CO)CC1. The van der Waals surface area contributed by atoms with Crippen molar-refractivity contribution in [2.24, 2.45) is 0 Å². The maximum absolute atomic E-state index is 8.82. The van der Waals surface area contributed by atoms with Gasteiger partial charge in [-0.15, -0.1) is 0 Å². The van der Waals surface area contributed by atoms with E-state index < -0.39 is 0 Å². The molecule has 0 saturated heterocycles. The van der Waals surface area contributed by atoms with Gasteiger partial charge >= 0.3 is 0 Å². The lowest BCUT2D eigenvalue weighted by Crippen LogP contribution is -2.35. The van der Waals surface area contributed by atoms with Crippen molar-refractivity contribution in [2.75, 3.05) is 13.2 Å². The van der Waals surface area contributed by atoms with E-state index in [9.17, 15) is 0 Å². The molecule has 0 bridgehead atoms. The van der Waals surface area contributed by atoms with Gasteiger partial charge < -0.3 is 10.4 Å². The van der Waals surface area contributed by atoms with E-state index in [2.05, 4.69) is 12.2 Å². The maximum Gasteiger partial charge on any atom is 0.0613 e. The highest BCUT2D eigenvalue weighted by Gasteiger charge is 2.40. The molecule has 0 radical (unpaired) electrons. The van der Waals surface area contributed by atoms with Crippen molar-refractivity contribution in [1.29, 1.82) is 0 Å². The average Bonchev–Trinajstić information content (AvgIpc) is 2.65. The second kappa shape index (κ2) is 2.67. The van der Waals surface area contributed by atoms with Crippen LogP contribution in [-0.4, -0.2) is 23.8 Å². The predicted octanol–water partition coefficient (Wildman–Crippen LogP) is 0.511. The summed E-state index contributed by atoms with van der Waals surface area (Å²) in [5.74, 6) is 0. The zero-order valence-corrected chi connectivity index (χ0v) is 5.98. The third kappa shape index (κ3) is 1.66. The second-order valence-electron chi connectivity index (χ2n) is 2.87. The van der Waals surface area contributed by atoms with E-state index >= 15 is 0 Å². The molecule has 0 spiro atoms. The Hall–Kier alpha value is -0.0800. The molecule has 1 saturated carbocycles. The van der Waals surface area contributed by atoms with Gasteiger partial charge in [0.1, 0.15) is 0 Å². The summed E-state index contributed by atoms with van der Waals surface area (Å²) in [6, 6.07) is 0. The predicted molar refractivity (Wildman–Crippen MR) is 37.3 cm³/mol. The summed E-state index contributed by atoms with van der Waals surface area (Å²) in [5, 5.41) is 12.1. The molecule has 1 aliphatic carbocycles. The van der Waals surface area contributed by atoms with E-state index in [0.717, 1.165) is 25.8 Å². The van der Waals surface area contributed by atoms with Crippen LogP contribution in [0.4, 0.5) is 0 Å². The average molecular weight is 129 g/mol. The van der Waals surface area contributed by atoms with Gasteiger partial charge in [0, 0.05) is 5.54 Å².